The first-order chi connectivity index (χ1) is 7.16. The maximum Gasteiger partial charge on any atom is 0.408 e. The molecule has 82 valence electrons. The Morgan fingerprint density at radius 1 is 1.80 bits per heavy atom. The van der Waals surface area contributed by atoms with Gasteiger partial charge in [-0.05, 0) is 30.4 Å². The molecule has 1 N–H and O–H groups in total. The molecule has 0 radical (unpaired) electrons. The van der Waals surface area contributed by atoms with Crippen LogP contribution in [0.5, 0.6) is 0 Å². The third-order valence-electron chi connectivity index (χ3n) is 2.48. The van der Waals surface area contributed by atoms with Gasteiger partial charge < -0.3 is 15.4 Å². The quantitative estimate of drug-likeness (QED) is 0.622. The highest BCUT2D eigenvalue weighted by molar-refractivity contribution is 6.32. The molecule has 1 fully saturated rings. The van der Waals surface area contributed by atoms with Crippen LogP contribution in [0.2, 0.25) is 5.02 Å². The molecule has 15 heavy (non-hydrogen) atoms. The first-order valence-corrected chi connectivity index (χ1v) is 5.12. The summed E-state index contributed by atoms with van der Waals surface area (Å²) in [4.78, 5) is 9.94. The third-order valence-corrected chi connectivity index (χ3v) is 2.75. The maximum absolute atomic E-state index is 10.5. The van der Waals surface area contributed by atoms with Crippen LogP contribution in [0.15, 0.2) is 6.20 Å². The number of aromatic nitrogens is 2. The monoisotopic (exact) mass is 230 g/mol. The van der Waals surface area contributed by atoms with Crippen LogP contribution in [0.4, 0.5) is 5.82 Å². The largest absolute Gasteiger partial charge is 0.408 e. The van der Waals surface area contributed by atoms with E-state index in [1.54, 1.807) is 4.68 Å². The van der Waals surface area contributed by atoms with Gasteiger partial charge in [0, 0.05) is 0 Å². The summed E-state index contributed by atoms with van der Waals surface area (Å²) in [6.07, 6.45) is 2.59. The maximum atomic E-state index is 10.5. The Labute approximate surface area is 91.4 Å². The van der Waals surface area contributed by atoms with Gasteiger partial charge in [0.25, 0.3) is 0 Å². The van der Waals surface area contributed by atoms with E-state index >= 15 is 0 Å². The van der Waals surface area contributed by atoms with Crippen LogP contribution in [-0.4, -0.2) is 27.8 Å². The summed E-state index contributed by atoms with van der Waals surface area (Å²) in [7, 11) is 0. The first kappa shape index (κ1) is 10.4. The van der Waals surface area contributed by atoms with Crippen LogP contribution in [0.25, 0.3) is 0 Å². The highest BCUT2D eigenvalue weighted by Gasteiger charge is 2.22. The van der Waals surface area contributed by atoms with Crippen molar-refractivity contribution in [3.8, 4) is 0 Å². The Morgan fingerprint density at radius 2 is 2.60 bits per heavy atom. The van der Waals surface area contributed by atoms with Crippen molar-refractivity contribution in [2.24, 2.45) is 5.92 Å². The van der Waals surface area contributed by atoms with Crippen molar-refractivity contribution in [1.29, 1.82) is 0 Å². The lowest BCUT2D eigenvalue weighted by molar-refractivity contribution is -0.389. The zero-order valence-electron chi connectivity index (χ0n) is 8.02. The molecule has 1 aromatic heterocycles. The molecular weight excluding hydrogens is 220 g/mol. The Hall–Kier alpha value is -1.14. The molecule has 0 amide bonds. The van der Waals surface area contributed by atoms with Gasteiger partial charge in [0.15, 0.2) is 5.02 Å². The SMILES string of the molecule is O=[N+]([O-])c1nn(CC2CCNC2)cc1Cl. The Balaban J connectivity index is 2.08. The van der Waals surface area contributed by atoms with E-state index in [0.29, 0.717) is 12.5 Å². The van der Waals surface area contributed by atoms with Gasteiger partial charge >= 0.3 is 5.82 Å². The van der Waals surface area contributed by atoms with Gasteiger partial charge in [-0.3, -0.25) is 0 Å². The summed E-state index contributed by atoms with van der Waals surface area (Å²) in [5.74, 6) is 0.225. The van der Waals surface area contributed by atoms with Crippen LogP contribution in [-0.2, 0) is 6.54 Å². The zero-order valence-corrected chi connectivity index (χ0v) is 8.78. The number of nitro groups is 1. The van der Waals surface area contributed by atoms with Crippen LogP contribution in [0, 0.1) is 16.0 Å². The molecule has 0 aromatic carbocycles. The van der Waals surface area contributed by atoms with E-state index in [-0.39, 0.29) is 10.8 Å². The molecule has 0 spiro atoms. The second kappa shape index (κ2) is 4.16. The number of nitrogens with one attached hydrogen (secondary N) is 1. The fourth-order valence-corrected chi connectivity index (χ4v) is 1.96. The van der Waals surface area contributed by atoms with Crippen molar-refractivity contribution in [2.45, 2.75) is 13.0 Å². The van der Waals surface area contributed by atoms with Crippen LogP contribution in [0.3, 0.4) is 0 Å². The van der Waals surface area contributed by atoms with Crippen molar-refractivity contribution < 1.29 is 4.92 Å². The van der Waals surface area contributed by atoms with Crippen molar-refractivity contribution >= 4 is 17.4 Å². The zero-order chi connectivity index (χ0) is 10.8. The number of hydrogen-bond acceptors (Lipinski definition) is 4. The first-order valence-electron chi connectivity index (χ1n) is 4.75. The van der Waals surface area contributed by atoms with Crippen LogP contribution in [0.1, 0.15) is 6.42 Å². The minimum absolute atomic E-state index is 0.103. The summed E-state index contributed by atoms with van der Waals surface area (Å²) in [6, 6.07) is 0. The Kier molecular flexibility index (Phi) is 2.88. The summed E-state index contributed by atoms with van der Waals surface area (Å²) in [5, 5.41) is 17.7. The lowest BCUT2D eigenvalue weighted by atomic mass is 10.1. The lowest BCUT2D eigenvalue weighted by Gasteiger charge is -2.03. The molecule has 0 saturated carbocycles. The van der Waals surface area contributed by atoms with Gasteiger partial charge in [-0.2, -0.15) is 4.68 Å². The predicted octanol–water partition coefficient (Wildman–Crippen LogP) is 1.05. The van der Waals surface area contributed by atoms with Gasteiger partial charge in [-0.15, -0.1) is 0 Å². The van der Waals surface area contributed by atoms with Crippen molar-refractivity contribution in [3.05, 3.63) is 21.3 Å². The Morgan fingerprint density at radius 3 is 3.13 bits per heavy atom. The molecule has 1 saturated heterocycles. The number of halogens is 1. The molecule has 0 bridgehead atoms. The predicted molar refractivity (Wildman–Crippen MR) is 54.9 cm³/mol. The third kappa shape index (κ3) is 2.27. The second-order valence-electron chi connectivity index (χ2n) is 3.64. The van der Waals surface area contributed by atoms with Crippen molar-refractivity contribution in [2.75, 3.05) is 13.1 Å². The van der Waals surface area contributed by atoms with E-state index in [9.17, 15) is 10.1 Å². The number of rotatable bonds is 3. The molecule has 6 nitrogen and oxygen atoms in total. The lowest BCUT2D eigenvalue weighted by Crippen LogP contribution is -2.14. The molecule has 1 aliphatic rings. The summed E-state index contributed by atoms with van der Waals surface area (Å²) in [6.45, 7) is 2.62. The van der Waals surface area contributed by atoms with E-state index < -0.39 is 4.92 Å². The molecule has 7 heteroatoms. The molecule has 0 aliphatic carbocycles. The van der Waals surface area contributed by atoms with Crippen molar-refractivity contribution in [1.82, 2.24) is 15.1 Å². The molecule has 2 heterocycles. The van der Waals surface area contributed by atoms with E-state index in [1.165, 1.54) is 6.20 Å². The number of nitrogens with zero attached hydrogens (tertiary/aromatic N) is 3. The normalized spacial score (nSPS) is 20.7. The number of hydrogen-bond donors (Lipinski definition) is 1. The van der Waals surface area contributed by atoms with Gasteiger partial charge in [0.05, 0.1) is 17.8 Å². The van der Waals surface area contributed by atoms with Crippen molar-refractivity contribution in [3.63, 3.8) is 0 Å². The summed E-state index contributed by atoms with van der Waals surface area (Å²) in [5.41, 5.74) is 0. The summed E-state index contributed by atoms with van der Waals surface area (Å²) >= 11 is 5.68. The average Bonchev–Trinajstić information content (AvgIpc) is 2.75. The van der Waals surface area contributed by atoms with Gasteiger partial charge in [-0.1, -0.05) is 11.6 Å². The molecule has 2 rings (SSSR count). The standard InChI is InChI=1S/C8H11ClN4O2/c9-7-5-12(11-8(7)13(14)15)4-6-1-2-10-3-6/h5-6,10H,1-4H2. The molecule has 1 atom stereocenters. The highest BCUT2D eigenvalue weighted by Crippen LogP contribution is 2.22. The van der Waals surface area contributed by atoms with E-state index in [0.717, 1.165) is 19.5 Å². The van der Waals surface area contributed by atoms with Gasteiger partial charge in [-0.25, -0.2) is 0 Å². The smallest absolute Gasteiger partial charge is 0.358 e. The minimum atomic E-state index is -0.564. The Bertz CT molecular complexity index is 373. The van der Waals surface area contributed by atoms with Crippen LogP contribution >= 0.6 is 11.6 Å². The molecule has 1 aliphatic heterocycles. The highest BCUT2D eigenvalue weighted by atomic mass is 35.5. The van der Waals surface area contributed by atoms with E-state index in [1.807, 2.05) is 0 Å². The minimum Gasteiger partial charge on any atom is -0.358 e. The fourth-order valence-electron chi connectivity index (χ4n) is 1.74. The second-order valence-corrected chi connectivity index (χ2v) is 4.05. The fraction of sp³-hybridized carbons (Fsp3) is 0.625. The average molecular weight is 231 g/mol. The van der Waals surface area contributed by atoms with E-state index in [2.05, 4.69) is 10.4 Å². The van der Waals surface area contributed by atoms with Gasteiger partial charge in [0.2, 0.25) is 0 Å². The molecule has 1 aromatic rings. The van der Waals surface area contributed by atoms with Gasteiger partial charge in [0.1, 0.15) is 0 Å². The summed E-state index contributed by atoms with van der Waals surface area (Å²) < 4.78 is 1.55. The molecular formula is C8H11ClN4O2. The van der Waals surface area contributed by atoms with Crippen LogP contribution < -0.4 is 5.32 Å². The topological polar surface area (TPSA) is 73.0 Å². The molecule has 1 unspecified atom stereocenters. The van der Waals surface area contributed by atoms with E-state index in [4.69, 9.17) is 11.6 Å².